The smallest absolute Gasteiger partial charge is 0.211 e. The monoisotopic (exact) mass is 237 g/mol. The van der Waals surface area contributed by atoms with Gasteiger partial charge in [0.25, 0.3) is 0 Å². The number of sulfonamides is 1. The van der Waals surface area contributed by atoms with Gasteiger partial charge in [0.05, 0.1) is 5.75 Å². The lowest BCUT2D eigenvalue weighted by molar-refractivity contribution is 0.420. The van der Waals surface area contributed by atoms with E-state index in [2.05, 4.69) is 11.0 Å². The first kappa shape index (κ1) is 12.3. The fourth-order valence-corrected chi connectivity index (χ4v) is 3.41. The average molecular weight is 237 g/mol. The molecule has 1 saturated carbocycles. The molecule has 84 valence electrons. The predicted octanol–water partition coefficient (Wildman–Crippen LogP) is 1.60. The lowest BCUT2D eigenvalue weighted by atomic mass is 9.96. The minimum atomic E-state index is -3.00. The van der Waals surface area contributed by atoms with E-state index in [0.29, 0.717) is 0 Å². The van der Waals surface area contributed by atoms with E-state index in [4.69, 9.17) is 0 Å². The average Bonchev–Trinajstić information content (AvgIpc) is 2.19. The highest BCUT2D eigenvalue weighted by molar-refractivity contribution is 7.99. The molecule has 0 aromatic heterocycles. The van der Waals surface area contributed by atoms with Crippen LogP contribution < -0.4 is 4.72 Å². The van der Waals surface area contributed by atoms with Gasteiger partial charge < -0.3 is 0 Å². The Bertz CT molecular complexity index is 256. The summed E-state index contributed by atoms with van der Waals surface area (Å²) in [6.07, 6.45) is 6.38. The van der Waals surface area contributed by atoms with E-state index in [-0.39, 0.29) is 11.8 Å². The summed E-state index contributed by atoms with van der Waals surface area (Å²) in [6.45, 7) is 1.68. The fourth-order valence-electron chi connectivity index (χ4n) is 1.75. The van der Waals surface area contributed by atoms with Crippen molar-refractivity contribution in [2.45, 2.75) is 43.9 Å². The third-order valence-corrected chi connectivity index (χ3v) is 5.32. The molecule has 0 aromatic carbocycles. The second-order valence-electron chi connectivity index (χ2n) is 3.73. The molecule has 0 heterocycles. The van der Waals surface area contributed by atoms with Gasteiger partial charge in [-0.25, -0.2) is 13.1 Å². The van der Waals surface area contributed by atoms with Crippen LogP contribution in [0, 0.1) is 0 Å². The van der Waals surface area contributed by atoms with Crippen LogP contribution in [0.3, 0.4) is 0 Å². The second-order valence-corrected chi connectivity index (χ2v) is 6.91. The van der Waals surface area contributed by atoms with Crippen LogP contribution in [-0.4, -0.2) is 31.7 Å². The Hall–Kier alpha value is 0.260. The number of thioether (sulfide) groups is 1. The normalized spacial score (nSPS) is 29.0. The molecule has 5 heteroatoms. The van der Waals surface area contributed by atoms with Crippen LogP contribution in [0.25, 0.3) is 0 Å². The van der Waals surface area contributed by atoms with Crippen molar-refractivity contribution < 1.29 is 8.42 Å². The van der Waals surface area contributed by atoms with Crippen LogP contribution in [0.2, 0.25) is 0 Å². The Labute approximate surface area is 91.1 Å². The van der Waals surface area contributed by atoms with Crippen LogP contribution in [0.15, 0.2) is 0 Å². The quantitative estimate of drug-likeness (QED) is 0.808. The van der Waals surface area contributed by atoms with Crippen molar-refractivity contribution in [1.29, 1.82) is 0 Å². The maximum absolute atomic E-state index is 11.3. The largest absolute Gasteiger partial charge is 0.212 e. The maximum atomic E-state index is 11.3. The first-order valence-corrected chi connectivity index (χ1v) is 8.04. The topological polar surface area (TPSA) is 46.2 Å². The molecule has 1 fully saturated rings. The van der Waals surface area contributed by atoms with E-state index in [1.165, 1.54) is 0 Å². The van der Waals surface area contributed by atoms with Gasteiger partial charge in [0, 0.05) is 11.3 Å². The van der Waals surface area contributed by atoms with Crippen molar-refractivity contribution in [2.24, 2.45) is 0 Å². The van der Waals surface area contributed by atoms with Crippen molar-refractivity contribution >= 4 is 21.8 Å². The molecule has 1 aliphatic carbocycles. The molecule has 14 heavy (non-hydrogen) atoms. The highest BCUT2D eigenvalue weighted by atomic mass is 32.2. The highest BCUT2D eigenvalue weighted by Gasteiger charge is 2.23. The highest BCUT2D eigenvalue weighted by Crippen LogP contribution is 2.27. The Morgan fingerprint density at radius 1 is 1.29 bits per heavy atom. The molecule has 1 rings (SSSR count). The molecule has 0 saturated heterocycles. The maximum Gasteiger partial charge on any atom is 0.211 e. The van der Waals surface area contributed by atoms with E-state index < -0.39 is 10.0 Å². The Kier molecular flexibility index (Phi) is 4.73. The van der Waals surface area contributed by atoms with Crippen LogP contribution in [0.4, 0.5) is 0 Å². The minimum absolute atomic E-state index is 0.184. The molecule has 1 aliphatic rings. The van der Waals surface area contributed by atoms with Crippen molar-refractivity contribution in [3.8, 4) is 0 Å². The fraction of sp³-hybridized carbons (Fsp3) is 1.00. The zero-order valence-corrected chi connectivity index (χ0v) is 10.5. The zero-order chi connectivity index (χ0) is 10.6. The van der Waals surface area contributed by atoms with Gasteiger partial charge in [-0.3, -0.25) is 0 Å². The molecule has 3 nitrogen and oxygen atoms in total. The number of nitrogens with one attached hydrogen (secondary N) is 1. The molecule has 0 aliphatic heterocycles. The summed E-state index contributed by atoms with van der Waals surface area (Å²) < 4.78 is 25.4. The first-order chi connectivity index (χ1) is 6.57. The summed E-state index contributed by atoms with van der Waals surface area (Å²) in [5.41, 5.74) is 0. The van der Waals surface area contributed by atoms with Gasteiger partial charge >= 0.3 is 0 Å². The molecule has 0 bridgehead atoms. The second kappa shape index (κ2) is 5.37. The predicted molar refractivity (Wildman–Crippen MR) is 62.2 cm³/mol. The molecular weight excluding hydrogens is 218 g/mol. The standard InChI is InChI=1S/C9H19NO2S2/c1-3-14(11,12)10-8-4-6-9(13-2)7-5-8/h8-10H,3-7H2,1-2H3. The summed E-state index contributed by atoms with van der Waals surface area (Å²) >= 11 is 1.89. The summed E-state index contributed by atoms with van der Waals surface area (Å²) in [7, 11) is -3.00. The van der Waals surface area contributed by atoms with Crippen molar-refractivity contribution in [1.82, 2.24) is 4.72 Å². The summed E-state index contributed by atoms with van der Waals surface area (Å²) in [6, 6.07) is 0.184. The summed E-state index contributed by atoms with van der Waals surface area (Å²) in [5, 5.41) is 0.734. The number of rotatable bonds is 4. The van der Waals surface area contributed by atoms with Gasteiger partial charge in [-0.1, -0.05) is 0 Å². The molecule has 0 unspecified atom stereocenters. The van der Waals surface area contributed by atoms with E-state index in [1.54, 1.807) is 6.92 Å². The molecule has 0 radical (unpaired) electrons. The molecule has 0 amide bonds. The van der Waals surface area contributed by atoms with Crippen LogP contribution in [0.5, 0.6) is 0 Å². The number of hydrogen-bond acceptors (Lipinski definition) is 3. The minimum Gasteiger partial charge on any atom is -0.212 e. The van der Waals surface area contributed by atoms with Gasteiger partial charge in [0.15, 0.2) is 0 Å². The van der Waals surface area contributed by atoms with E-state index in [9.17, 15) is 8.42 Å². The molecule has 0 aromatic rings. The molecule has 0 spiro atoms. The number of hydrogen-bond donors (Lipinski definition) is 1. The Morgan fingerprint density at radius 3 is 2.29 bits per heavy atom. The van der Waals surface area contributed by atoms with E-state index >= 15 is 0 Å². The van der Waals surface area contributed by atoms with E-state index in [0.717, 1.165) is 30.9 Å². The zero-order valence-electron chi connectivity index (χ0n) is 8.82. The van der Waals surface area contributed by atoms with Crippen molar-refractivity contribution in [2.75, 3.05) is 12.0 Å². The lowest BCUT2D eigenvalue weighted by Gasteiger charge is -2.27. The van der Waals surface area contributed by atoms with Gasteiger partial charge in [-0.05, 0) is 38.9 Å². The molecular formula is C9H19NO2S2. The third kappa shape index (κ3) is 3.79. The first-order valence-electron chi connectivity index (χ1n) is 5.10. The lowest BCUT2D eigenvalue weighted by Crippen LogP contribution is -2.38. The van der Waals surface area contributed by atoms with E-state index in [1.807, 2.05) is 11.8 Å². The van der Waals surface area contributed by atoms with Crippen LogP contribution in [0.1, 0.15) is 32.6 Å². The van der Waals surface area contributed by atoms with Gasteiger partial charge in [-0.2, -0.15) is 11.8 Å². The summed E-state index contributed by atoms with van der Waals surface area (Å²) in [4.78, 5) is 0. The molecule has 1 N–H and O–H groups in total. The van der Waals surface area contributed by atoms with Crippen LogP contribution >= 0.6 is 11.8 Å². The Morgan fingerprint density at radius 2 is 1.86 bits per heavy atom. The van der Waals surface area contributed by atoms with Gasteiger partial charge in [0.2, 0.25) is 10.0 Å². The van der Waals surface area contributed by atoms with Crippen molar-refractivity contribution in [3.05, 3.63) is 0 Å². The molecule has 0 atom stereocenters. The third-order valence-electron chi connectivity index (χ3n) is 2.73. The summed E-state index contributed by atoms with van der Waals surface area (Å²) in [5.74, 6) is 0.190. The van der Waals surface area contributed by atoms with Crippen molar-refractivity contribution in [3.63, 3.8) is 0 Å². The van der Waals surface area contributed by atoms with Gasteiger partial charge in [-0.15, -0.1) is 0 Å². The Balaban J connectivity index is 2.36. The van der Waals surface area contributed by atoms with Gasteiger partial charge in [0.1, 0.15) is 0 Å². The SMILES string of the molecule is CCS(=O)(=O)NC1CCC(SC)CC1. The van der Waals surface area contributed by atoms with Crippen LogP contribution in [-0.2, 0) is 10.0 Å².